The first-order valence-electron chi connectivity index (χ1n) is 10.3. The molecule has 0 unspecified atom stereocenters. The molecule has 0 aliphatic rings. The second-order valence-electron chi connectivity index (χ2n) is 7.74. The predicted octanol–water partition coefficient (Wildman–Crippen LogP) is 5.76. The molecule has 2 aromatic heterocycles. The molecule has 1 N–H and O–H groups in total. The van der Waals surface area contributed by atoms with E-state index in [0.29, 0.717) is 40.9 Å². The van der Waals surface area contributed by atoms with Crippen molar-refractivity contribution in [3.8, 4) is 17.2 Å². The van der Waals surface area contributed by atoms with Crippen molar-refractivity contribution in [2.75, 3.05) is 5.32 Å². The fraction of sp³-hybridized carbons (Fsp3) is 0.250. The Bertz CT molecular complexity index is 1250. The fourth-order valence-electron chi connectivity index (χ4n) is 3.14. The Balaban J connectivity index is 1.54. The molecule has 7 nitrogen and oxygen atoms in total. The van der Waals surface area contributed by atoms with Crippen LogP contribution >= 0.6 is 11.3 Å². The number of nitrogens with one attached hydrogen (secondary N) is 1. The van der Waals surface area contributed by atoms with Crippen molar-refractivity contribution >= 4 is 22.9 Å². The molecule has 4 rings (SSSR count). The summed E-state index contributed by atoms with van der Waals surface area (Å²) in [6.07, 6.45) is 0. The Morgan fingerprint density at radius 1 is 1.16 bits per heavy atom. The molecule has 0 fully saturated rings. The molecule has 164 valence electrons. The average molecular weight is 449 g/mol. The molecule has 32 heavy (non-hydrogen) atoms. The lowest BCUT2D eigenvalue weighted by Gasteiger charge is -2.12. The van der Waals surface area contributed by atoms with Gasteiger partial charge in [0.15, 0.2) is 5.82 Å². The number of ether oxygens (including phenoxy) is 1. The first-order chi connectivity index (χ1) is 15.4. The van der Waals surface area contributed by atoms with Gasteiger partial charge >= 0.3 is 0 Å². The topological polar surface area (TPSA) is 90.1 Å². The maximum absolute atomic E-state index is 13.0. The van der Waals surface area contributed by atoms with Crippen LogP contribution in [0.15, 0.2) is 52.4 Å². The summed E-state index contributed by atoms with van der Waals surface area (Å²) in [5.41, 5.74) is 3.57. The molecule has 0 atom stereocenters. The Labute approximate surface area is 190 Å². The van der Waals surface area contributed by atoms with Crippen LogP contribution in [0.2, 0.25) is 0 Å². The van der Waals surface area contributed by atoms with Crippen LogP contribution in [0.3, 0.4) is 0 Å². The molecule has 4 aromatic rings. The molecule has 0 spiro atoms. The minimum atomic E-state index is -0.251. The van der Waals surface area contributed by atoms with Gasteiger partial charge in [-0.15, -0.1) is 11.3 Å². The van der Waals surface area contributed by atoms with Crippen molar-refractivity contribution < 1.29 is 14.1 Å². The molecule has 0 bridgehead atoms. The van der Waals surface area contributed by atoms with Crippen LogP contribution in [0.25, 0.3) is 11.5 Å². The van der Waals surface area contributed by atoms with Crippen LogP contribution in [0.4, 0.5) is 5.69 Å². The minimum absolute atomic E-state index is 0.145. The van der Waals surface area contributed by atoms with Crippen molar-refractivity contribution in [1.29, 1.82) is 0 Å². The first kappa shape index (κ1) is 21.7. The number of hydrogen-bond donors (Lipinski definition) is 1. The normalized spacial score (nSPS) is 11.0. The van der Waals surface area contributed by atoms with Crippen molar-refractivity contribution in [2.45, 2.75) is 40.2 Å². The molecule has 0 radical (unpaired) electrons. The van der Waals surface area contributed by atoms with Crippen molar-refractivity contribution in [3.63, 3.8) is 0 Å². The third-order valence-electron chi connectivity index (χ3n) is 4.85. The highest BCUT2D eigenvalue weighted by molar-refractivity contribution is 7.09. The number of aryl methyl sites for hydroxylation is 2. The van der Waals surface area contributed by atoms with Gasteiger partial charge < -0.3 is 14.6 Å². The lowest BCUT2D eigenvalue weighted by atomic mass is 10.1. The van der Waals surface area contributed by atoms with Gasteiger partial charge in [0.05, 0.1) is 22.0 Å². The van der Waals surface area contributed by atoms with Crippen molar-refractivity contribution in [1.82, 2.24) is 15.1 Å². The second kappa shape index (κ2) is 9.32. The van der Waals surface area contributed by atoms with Crippen LogP contribution in [0.1, 0.15) is 52.2 Å². The SMILES string of the molecule is Cc1nc(COc2cccc(C(=O)Nc3c(C)cccc3-c3nc(C(C)C)no3)c2)cs1. The van der Waals surface area contributed by atoms with E-state index in [1.807, 2.05) is 57.3 Å². The maximum atomic E-state index is 13.0. The quantitative estimate of drug-likeness (QED) is 0.386. The smallest absolute Gasteiger partial charge is 0.260 e. The zero-order chi connectivity index (χ0) is 22.7. The summed E-state index contributed by atoms with van der Waals surface area (Å²) in [4.78, 5) is 21.9. The number of carbonyl (C=O) groups excluding carboxylic acids is 1. The number of para-hydroxylation sites is 1. The van der Waals surface area contributed by atoms with E-state index >= 15 is 0 Å². The number of thiazole rings is 1. The highest BCUT2D eigenvalue weighted by Gasteiger charge is 2.18. The van der Waals surface area contributed by atoms with Crippen LogP contribution in [-0.4, -0.2) is 21.0 Å². The molecule has 2 heterocycles. The number of hydrogen-bond acceptors (Lipinski definition) is 7. The van der Waals surface area contributed by atoms with E-state index in [1.54, 1.807) is 29.5 Å². The van der Waals surface area contributed by atoms with Gasteiger partial charge in [0.1, 0.15) is 12.4 Å². The van der Waals surface area contributed by atoms with Gasteiger partial charge in [0, 0.05) is 16.9 Å². The number of aromatic nitrogens is 3. The summed E-state index contributed by atoms with van der Waals surface area (Å²) in [5, 5.41) is 10.0. The van der Waals surface area contributed by atoms with E-state index in [2.05, 4.69) is 20.4 Å². The first-order valence-corrected chi connectivity index (χ1v) is 11.2. The van der Waals surface area contributed by atoms with E-state index < -0.39 is 0 Å². The van der Waals surface area contributed by atoms with E-state index in [1.165, 1.54) is 0 Å². The number of benzene rings is 2. The standard InChI is InChI=1S/C24H24N4O3S/c1-14(2)22-27-24(31-28-22)20-10-5-7-15(3)21(20)26-23(29)17-8-6-9-19(11-17)30-12-18-13-32-16(4)25-18/h5-11,13-14H,12H2,1-4H3,(H,26,29). The Morgan fingerprint density at radius 2 is 1.97 bits per heavy atom. The van der Waals surface area contributed by atoms with E-state index in [-0.39, 0.29) is 11.8 Å². The monoisotopic (exact) mass is 448 g/mol. The molecule has 0 saturated carbocycles. The fourth-order valence-corrected chi connectivity index (χ4v) is 3.73. The van der Waals surface area contributed by atoms with Crippen molar-refractivity contribution in [2.24, 2.45) is 0 Å². The highest BCUT2D eigenvalue weighted by Crippen LogP contribution is 2.31. The van der Waals surface area contributed by atoms with Gasteiger partial charge in [0.25, 0.3) is 11.8 Å². The summed E-state index contributed by atoms with van der Waals surface area (Å²) in [6, 6.07) is 12.8. The number of carbonyl (C=O) groups is 1. The summed E-state index contributed by atoms with van der Waals surface area (Å²) < 4.78 is 11.3. The second-order valence-corrected chi connectivity index (χ2v) is 8.80. The Hall–Kier alpha value is -3.52. The molecule has 0 aliphatic heterocycles. The predicted molar refractivity (Wildman–Crippen MR) is 124 cm³/mol. The highest BCUT2D eigenvalue weighted by atomic mass is 32.1. The summed E-state index contributed by atoms with van der Waals surface area (Å²) in [6.45, 7) is 8.23. The number of rotatable bonds is 7. The molecular weight excluding hydrogens is 424 g/mol. The minimum Gasteiger partial charge on any atom is -0.487 e. The summed E-state index contributed by atoms with van der Waals surface area (Å²) >= 11 is 1.58. The van der Waals surface area contributed by atoms with Gasteiger partial charge in [-0.05, 0) is 43.7 Å². The Morgan fingerprint density at radius 3 is 2.69 bits per heavy atom. The molecule has 1 amide bonds. The van der Waals surface area contributed by atoms with E-state index in [9.17, 15) is 4.79 Å². The number of anilines is 1. The van der Waals surface area contributed by atoms with E-state index in [0.717, 1.165) is 16.3 Å². The number of amides is 1. The van der Waals surface area contributed by atoms with Crippen LogP contribution in [0.5, 0.6) is 5.75 Å². The van der Waals surface area contributed by atoms with Gasteiger partial charge in [0.2, 0.25) is 0 Å². The lowest BCUT2D eigenvalue weighted by Crippen LogP contribution is -2.14. The van der Waals surface area contributed by atoms with E-state index in [4.69, 9.17) is 9.26 Å². The molecular formula is C24H24N4O3S. The summed E-state index contributed by atoms with van der Waals surface area (Å²) in [7, 11) is 0. The zero-order valence-corrected chi connectivity index (χ0v) is 19.2. The largest absolute Gasteiger partial charge is 0.487 e. The van der Waals surface area contributed by atoms with Gasteiger partial charge in [-0.25, -0.2) is 4.98 Å². The molecule has 2 aromatic carbocycles. The van der Waals surface area contributed by atoms with Crippen LogP contribution in [-0.2, 0) is 6.61 Å². The average Bonchev–Trinajstić information content (AvgIpc) is 3.43. The van der Waals surface area contributed by atoms with Crippen LogP contribution in [0, 0.1) is 13.8 Å². The Kier molecular flexibility index (Phi) is 6.32. The van der Waals surface area contributed by atoms with Crippen LogP contribution < -0.4 is 10.1 Å². The molecule has 0 saturated heterocycles. The van der Waals surface area contributed by atoms with Crippen molar-refractivity contribution in [3.05, 3.63) is 75.5 Å². The van der Waals surface area contributed by atoms with Gasteiger partial charge in [-0.2, -0.15) is 4.98 Å². The number of nitrogens with zero attached hydrogens (tertiary/aromatic N) is 3. The molecule has 8 heteroatoms. The molecule has 0 aliphatic carbocycles. The lowest BCUT2D eigenvalue weighted by molar-refractivity contribution is 0.102. The zero-order valence-electron chi connectivity index (χ0n) is 18.4. The third kappa shape index (κ3) is 4.86. The van der Waals surface area contributed by atoms with Gasteiger partial charge in [-0.1, -0.05) is 37.2 Å². The van der Waals surface area contributed by atoms with Gasteiger partial charge in [-0.3, -0.25) is 4.79 Å². The maximum Gasteiger partial charge on any atom is 0.260 e. The third-order valence-corrected chi connectivity index (χ3v) is 5.67. The summed E-state index contributed by atoms with van der Waals surface area (Å²) in [5.74, 6) is 1.50.